The first-order chi connectivity index (χ1) is 7.34. The molecule has 0 saturated heterocycles. The molecule has 3 heteroatoms. The van der Waals surface area contributed by atoms with E-state index in [0.29, 0.717) is 11.8 Å². The van der Waals surface area contributed by atoms with E-state index in [4.69, 9.17) is 11.6 Å². The highest BCUT2D eigenvalue weighted by Gasteiger charge is 2.62. The third-order valence-corrected chi connectivity index (χ3v) is 5.20. The molecule has 16 heavy (non-hydrogen) atoms. The van der Waals surface area contributed by atoms with Crippen molar-refractivity contribution in [1.29, 1.82) is 0 Å². The number of hydrogen-bond donors (Lipinski definition) is 0. The smallest absolute Gasteiger partial charge is 0.0951 e. The van der Waals surface area contributed by atoms with Crippen LogP contribution in [0.15, 0.2) is 30.4 Å². The minimum absolute atomic E-state index is 0.0387. The molecule has 2 atom stereocenters. The quantitative estimate of drug-likeness (QED) is 0.485. The minimum atomic E-state index is -0.0387. The van der Waals surface area contributed by atoms with Crippen molar-refractivity contribution < 1.29 is 0 Å². The van der Waals surface area contributed by atoms with Crippen LogP contribution in [0.3, 0.4) is 0 Å². The maximum Gasteiger partial charge on any atom is 0.0951 e. The first-order valence-corrected chi connectivity index (χ1v) is 7.10. The highest BCUT2D eigenvalue weighted by Crippen LogP contribution is 2.69. The summed E-state index contributed by atoms with van der Waals surface area (Å²) in [4.78, 5) is 0. The Morgan fingerprint density at radius 2 is 2.00 bits per heavy atom. The van der Waals surface area contributed by atoms with Crippen molar-refractivity contribution in [3.05, 3.63) is 46.5 Å². The molecule has 1 aliphatic carbocycles. The van der Waals surface area contributed by atoms with Gasteiger partial charge < -0.3 is 0 Å². The Labute approximate surface area is 118 Å². The summed E-state index contributed by atoms with van der Waals surface area (Å²) in [5, 5.41) is 0.804. The van der Waals surface area contributed by atoms with Crippen LogP contribution in [-0.2, 0) is 0 Å². The summed E-state index contributed by atoms with van der Waals surface area (Å²) in [7, 11) is 0. The van der Waals surface area contributed by atoms with Gasteiger partial charge in [-0.15, -0.1) is 0 Å². The molecule has 0 bridgehead atoms. The van der Waals surface area contributed by atoms with Crippen molar-refractivity contribution in [2.45, 2.75) is 23.0 Å². The molecule has 1 saturated carbocycles. The summed E-state index contributed by atoms with van der Waals surface area (Å²) < 4.78 is -0.0387. The maximum absolute atomic E-state index is 6.09. The van der Waals surface area contributed by atoms with E-state index >= 15 is 0 Å². The van der Waals surface area contributed by atoms with Crippen LogP contribution in [0.2, 0.25) is 5.02 Å². The average Bonchev–Trinajstić information content (AvgIpc) is 2.67. The largest absolute Gasteiger partial charge is 0.0998 e. The SMILES string of the molecule is C=C(C)C1C(c2cc(C)cc(Cl)c2)C1(Br)Br. The predicted molar refractivity (Wildman–Crippen MR) is 77.8 cm³/mol. The van der Waals surface area contributed by atoms with Crippen molar-refractivity contribution in [2.75, 3.05) is 0 Å². The number of hydrogen-bond acceptors (Lipinski definition) is 0. The van der Waals surface area contributed by atoms with Gasteiger partial charge in [-0.2, -0.15) is 0 Å². The van der Waals surface area contributed by atoms with E-state index in [2.05, 4.69) is 58.4 Å². The third kappa shape index (κ3) is 2.12. The van der Waals surface area contributed by atoms with Gasteiger partial charge in [-0.25, -0.2) is 0 Å². The number of benzene rings is 1. The average molecular weight is 365 g/mol. The number of aryl methyl sites for hydroxylation is 1. The first-order valence-electron chi connectivity index (χ1n) is 5.14. The Morgan fingerprint density at radius 1 is 1.38 bits per heavy atom. The van der Waals surface area contributed by atoms with Gasteiger partial charge in [0.2, 0.25) is 0 Å². The molecule has 0 amide bonds. The fourth-order valence-corrected chi connectivity index (χ4v) is 4.70. The lowest BCUT2D eigenvalue weighted by Gasteiger charge is -2.03. The van der Waals surface area contributed by atoms with Crippen LogP contribution >= 0.6 is 43.5 Å². The van der Waals surface area contributed by atoms with Crippen LogP contribution in [0, 0.1) is 12.8 Å². The maximum atomic E-state index is 6.09. The van der Waals surface area contributed by atoms with Crippen LogP contribution in [0.4, 0.5) is 0 Å². The Balaban J connectivity index is 2.37. The van der Waals surface area contributed by atoms with Crippen LogP contribution in [-0.4, -0.2) is 3.23 Å². The second-order valence-corrected chi connectivity index (χ2v) is 8.66. The zero-order chi connectivity index (χ0) is 12.1. The summed E-state index contributed by atoms with van der Waals surface area (Å²) in [6, 6.07) is 6.21. The molecule has 2 rings (SSSR count). The van der Waals surface area contributed by atoms with E-state index in [1.807, 2.05) is 12.1 Å². The lowest BCUT2D eigenvalue weighted by atomic mass is 10.0. The van der Waals surface area contributed by atoms with E-state index in [0.717, 1.165) is 5.02 Å². The second-order valence-electron chi connectivity index (χ2n) is 4.54. The number of alkyl halides is 2. The van der Waals surface area contributed by atoms with E-state index in [9.17, 15) is 0 Å². The van der Waals surface area contributed by atoms with Crippen molar-refractivity contribution in [1.82, 2.24) is 0 Å². The van der Waals surface area contributed by atoms with Gasteiger partial charge in [0.05, 0.1) is 3.23 Å². The summed E-state index contributed by atoms with van der Waals surface area (Å²) >= 11 is 13.5. The van der Waals surface area contributed by atoms with Crippen molar-refractivity contribution in [3.8, 4) is 0 Å². The Morgan fingerprint density at radius 3 is 2.44 bits per heavy atom. The third-order valence-electron chi connectivity index (χ3n) is 3.01. The van der Waals surface area contributed by atoms with Gasteiger partial charge in [0.25, 0.3) is 0 Å². The van der Waals surface area contributed by atoms with Crippen LogP contribution in [0.25, 0.3) is 0 Å². The van der Waals surface area contributed by atoms with Gasteiger partial charge in [0, 0.05) is 16.9 Å². The topological polar surface area (TPSA) is 0 Å². The fraction of sp³-hybridized carbons (Fsp3) is 0.385. The van der Waals surface area contributed by atoms with Crippen molar-refractivity contribution in [2.24, 2.45) is 5.92 Å². The molecular formula is C13H13Br2Cl. The predicted octanol–water partition coefficient (Wildman–Crippen LogP) is 5.42. The van der Waals surface area contributed by atoms with Crippen LogP contribution < -0.4 is 0 Å². The lowest BCUT2D eigenvalue weighted by molar-refractivity contribution is 0.943. The van der Waals surface area contributed by atoms with E-state index < -0.39 is 0 Å². The molecule has 1 aromatic rings. The molecule has 1 aromatic carbocycles. The molecule has 1 fully saturated rings. The summed E-state index contributed by atoms with van der Waals surface area (Å²) in [5.74, 6) is 0.854. The molecule has 86 valence electrons. The second kappa shape index (κ2) is 4.15. The zero-order valence-corrected chi connectivity index (χ0v) is 13.2. The zero-order valence-electron chi connectivity index (χ0n) is 9.23. The van der Waals surface area contributed by atoms with Crippen LogP contribution in [0.1, 0.15) is 24.0 Å². The highest BCUT2D eigenvalue weighted by atomic mass is 79.9. The summed E-state index contributed by atoms with van der Waals surface area (Å²) in [6.07, 6.45) is 0. The van der Waals surface area contributed by atoms with E-state index in [-0.39, 0.29) is 3.23 Å². The Kier molecular flexibility index (Phi) is 3.28. The summed E-state index contributed by atoms with van der Waals surface area (Å²) in [6.45, 7) is 8.18. The molecule has 0 heterocycles. The molecular weight excluding hydrogens is 351 g/mol. The van der Waals surface area contributed by atoms with Gasteiger partial charge in [-0.05, 0) is 37.1 Å². The first kappa shape index (κ1) is 12.7. The molecule has 2 unspecified atom stereocenters. The number of halogens is 3. The molecule has 0 aliphatic heterocycles. The lowest BCUT2D eigenvalue weighted by Crippen LogP contribution is -1.89. The van der Waals surface area contributed by atoms with Crippen molar-refractivity contribution in [3.63, 3.8) is 0 Å². The van der Waals surface area contributed by atoms with Crippen LogP contribution in [0.5, 0.6) is 0 Å². The van der Waals surface area contributed by atoms with Gasteiger partial charge in [0.1, 0.15) is 0 Å². The van der Waals surface area contributed by atoms with Gasteiger partial charge in [-0.3, -0.25) is 0 Å². The minimum Gasteiger partial charge on any atom is -0.0998 e. The highest BCUT2D eigenvalue weighted by molar-refractivity contribution is 9.25. The standard InChI is InChI=1S/C13H13Br2Cl/c1-7(2)11-12(13(11,14)15)9-4-8(3)5-10(16)6-9/h4-6,11-12H,1H2,2-3H3. The van der Waals surface area contributed by atoms with Gasteiger partial charge >= 0.3 is 0 Å². The Hall–Kier alpha value is 0.210. The molecule has 1 aliphatic rings. The van der Waals surface area contributed by atoms with E-state index in [1.165, 1.54) is 16.7 Å². The molecule has 0 nitrogen and oxygen atoms in total. The normalized spacial score (nSPS) is 26.6. The summed E-state index contributed by atoms with van der Waals surface area (Å²) in [5.41, 5.74) is 3.66. The molecule has 0 aromatic heterocycles. The van der Waals surface area contributed by atoms with Gasteiger partial charge in [0.15, 0.2) is 0 Å². The van der Waals surface area contributed by atoms with Crippen molar-refractivity contribution >= 4 is 43.5 Å². The number of allylic oxidation sites excluding steroid dienone is 1. The number of rotatable bonds is 2. The molecule has 0 spiro atoms. The Bertz CT molecular complexity index is 431. The molecule has 0 radical (unpaired) electrons. The van der Waals surface area contributed by atoms with E-state index in [1.54, 1.807) is 0 Å². The van der Waals surface area contributed by atoms with Gasteiger partial charge in [-0.1, -0.05) is 61.7 Å². The fourth-order valence-electron chi connectivity index (χ4n) is 2.30. The monoisotopic (exact) mass is 362 g/mol. The molecule has 0 N–H and O–H groups in total.